The second-order valence-corrected chi connectivity index (χ2v) is 6.90. The van der Waals surface area contributed by atoms with Gasteiger partial charge in [-0.25, -0.2) is 0 Å². The normalized spacial score (nSPS) is 24.9. The molecule has 4 heteroatoms. The van der Waals surface area contributed by atoms with Crippen LogP contribution in [0.2, 0.25) is 0 Å². The lowest BCUT2D eigenvalue weighted by Gasteiger charge is -2.50. The third kappa shape index (κ3) is 3.42. The second kappa shape index (κ2) is 4.58. The van der Waals surface area contributed by atoms with E-state index in [1.165, 1.54) is 0 Å². The van der Waals surface area contributed by atoms with Gasteiger partial charge >= 0.3 is 0 Å². The molecule has 0 aromatic carbocycles. The zero-order valence-electron chi connectivity index (χ0n) is 12.1. The zero-order valence-corrected chi connectivity index (χ0v) is 12.1. The summed E-state index contributed by atoms with van der Waals surface area (Å²) >= 11 is 0. The first kappa shape index (κ1) is 14.5. The summed E-state index contributed by atoms with van der Waals surface area (Å²) in [6.45, 7) is 15.6. The van der Waals surface area contributed by atoms with E-state index >= 15 is 0 Å². The lowest BCUT2D eigenvalue weighted by Crippen LogP contribution is -2.65. The Kier molecular flexibility index (Phi) is 3.89. The number of piperazine rings is 1. The molecule has 1 amide bonds. The van der Waals surface area contributed by atoms with Crippen molar-refractivity contribution in [3.8, 4) is 0 Å². The van der Waals surface area contributed by atoms with E-state index in [0.29, 0.717) is 0 Å². The van der Waals surface area contributed by atoms with Gasteiger partial charge in [0.25, 0.3) is 0 Å². The standard InChI is InChI=1S/C13H27N3O/c1-12(2,3)15-7-8-16(13(4,5)6)10(9-15)11(14)17/h10H,7-9H2,1-6H3,(H2,14,17). The minimum Gasteiger partial charge on any atom is -0.368 e. The van der Waals surface area contributed by atoms with Crippen LogP contribution in [0, 0.1) is 0 Å². The van der Waals surface area contributed by atoms with Crippen LogP contribution in [0.25, 0.3) is 0 Å². The highest BCUT2D eigenvalue weighted by Crippen LogP contribution is 2.24. The Labute approximate surface area is 105 Å². The van der Waals surface area contributed by atoms with Crippen molar-refractivity contribution in [1.82, 2.24) is 9.80 Å². The molecule has 0 aromatic rings. The molecule has 2 N–H and O–H groups in total. The molecular weight excluding hydrogens is 214 g/mol. The molecule has 0 aromatic heterocycles. The van der Waals surface area contributed by atoms with Crippen molar-refractivity contribution in [3.63, 3.8) is 0 Å². The molecule has 1 aliphatic heterocycles. The van der Waals surface area contributed by atoms with Gasteiger partial charge in [-0.3, -0.25) is 14.6 Å². The van der Waals surface area contributed by atoms with Crippen LogP contribution in [0.1, 0.15) is 41.5 Å². The summed E-state index contributed by atoms with van der Waals surface area (Å²) in [6.07, 6.45) is 0. The molecule has 0 spiro atoms. The molecule has 4 nitrogen and oxygen atoms in total. The fraction of sp³-hybridized carbons (Fsp3) is 0.923. The van der Waals surface area contributed by atoms with Gasteiger partial charge < -0.3 is 5.73 Å². The molecule has 0 saturated carbocycles. The maximum atomic E-state index is 11.6. The molecule has 0 bridgehead atoms. The Morgan fingerprint density at radius 2 is 1.59 bits per heavy atom. The molecule has 0 radical (unpaired) electrons. The largest absolute Gasteiger partial charge is 0.368 e. The van der Waals surface area contributed by atoms with E-state index in [1.54, 1.807) is 0 Å². The summed E-state index contributed by atoms with van der Waals surface area (Å²) in [5.41, 5.74) is 5.64. The van der Waals surface area contributed by atoms with Crippen LogP contribution in [-0.4, -0.2) is 52.5 Å². The first-order chi connectivity index (χ1) is 7.53. The van der Waals surface area contributed by atoms with Crippen molar-refractivity contribution in [2.24, 2.45) is 5.73 Å². The van der Waals surface area contributed by atoms with Crippen LogP contribution < -0.4 is 5.73 Å². The van der Waals surface area contributed by atoms with Crippen molar-refractivity contribution in [1.29, 1.82) is 0 Å². The van der Waals surface area contributed by atoms with E-state index < -0.39 is 0 Å². The number of primary amides is 1. The number of amides is 1. The maximum Gasteiger partial charge on any atom is 0.236 e. The Morgan fingerprint density at radius 3 is 1.94 bits per heavy atom. The first-order valence-electron chi connectivity index (χ1n) is 6.34. The van der Waals surface area contributed by atoms with Crippen molar-refractivity contribution < 1.29 is 4.79 Å². The Bertz CT molecular complexity index is 288. The smallest absolute Gasteiger partial charge is 0.236 e. The molecule has 1 heterocycles. The van der Waals surface area contributed by atoms with Gasteiger partial charge in [-0.1, -0.05) is 0 Å². The van der Waals surface area contributed by atoms with Gasteiger partial charge in [0.2, 0.25) is 5.91 Å². The molecule has 0 aliphatic carbocycles. The molecule has 100 valence electrons. The third-order valence-corrected chi connectivity index (χ3v) is 3.52. The molecular formula is C13H27N3O. The van der Waals surface area contributed by atoms with E-state index in [2.05, 4.69) is 51.3 Å². The minimum absolute atomic E-state index is 0.0102. The summed E-state index contributed by atoms with van der Waals surface area (Å²) in [4.78, 5) is 16.2. The van der Waals surface area contributed by atoms with Crippen molar-refractivity contribution in [2.45, 2.75) is 58.7 Å². The predicted octanol–water partition coefficient (Wildman–Crippen LogP) is 1.05. The molecule has 17 heavy (non-hydrogen) atoms. The van der Waals surface area contributed by atoms with Crippen LogP contribution in [0.5, 0.6) is 0 Å². The summed E-state index contributed by atoms with van der Waals surface area (Å²) in [5, 5.41) is 0. The van der Waals surface area contributed by atoms with Gasteiger partial charge in [-0.2, -0.15) is 0 Å². The fourth-order valence-corrected chi connectivity index (χ4v) is 2.44. The maximum absolute atomic E-state index is 11.6. The van der Waals surface area contributed by atoms with E-state index in [-0.39, 0.29) is 23.0 Å². The average Bonchev–Trinajstić information content (AvgIpc) is 2.14. The van der Waals surface area contributed by atoms with Crippen molar-refractivity contribution in [3.05, 3.63) is 0 Å². The molecule has 1 aliphatic rings. The lowest BCUT2D eigenvalue weighted by molar-refractivity contribution is -0.130. The quantitative estimate of drug-likeness (QED) is 0.746. The minimum atomic E-state index is -0.214. The van der Waals surface area contributed by atoms with E-state index in [4.69, 9.17) is 5.73 Å². The highest BCUT2D eigenvalue weighted by molar-refractivity contribution is 5.80. The molecule has 1 rings (SSSR count). The van der Waals surface area contributed by atoms with Crippen LogP contribution in [0.15, 0.2) is 0 Å². The zero-order chi connectivity index (χ0) is 13.4. The summed E-state index contributed by atoms with van der Waals surface area (Å²) in [6, 6.07) is -0.178. The van der Waals surface area contributed by atoms with Gasteiger partial charge in [0.1, 0.15) is 6.04 Å². The van der Waals surface area contributed by atoms with Gasteiger partial charge in [-0.05, 0) is 41.5 Å². The van der Waals surface area contributed by atoms with E-state index in [0.717, 1.165) is 19.6 Å². The Balaban J connectivity index is 2.86. The molecule has 1 fully saturated rings. The number of hydrogen-bond acceptors (Lipinski definition) is 3. The number of carbonyl (C=O) groups excluding carboxylic acids is 1. The number of nitrogens with zero attached hydrogens (tertiary/aromatic N) is 2. The number of rotatable bonds is 1. The summed E-state index contributed by atoms with van der Waals surface area (Å²) in [5.74, 6) is -0.214. The SMILES string of the molecule is CC(C)(C)N1CCN(C(C)(C)C)C(C(N)=O)C1. The average molecular weight is 241 g/mol. The van der Waals surface area contributed by atoms with E-state index in [1.807, 2.05) is 0 Å². The van der Waals surface area contributed by atoms with Gasteiger partial charge in [-0.15, -0.1) is 0 Å². The fourth-order valence-electron chi connectivity index (χ4n) is 2.44. The van der Waals surface area contributed by atoms with Crippen LogP contribution >= 0.6 is 0 Å². The van der Waals surface area contributed by atoms with Crippen molar-refractivity contribution >= 4 is 5.91 Å². The summed E-state index contributed by atoms with van der Waals surface area (Å²) < 4.78 is 0. The summed E-state index contributed by atoms with van der Waals surface area (Å²) in [7, 11) is 0. The molecule has 1 unspecified atom stereocenters. The van der Waals surface area contributed by atoms with E-state index in [9.17, 15) is 4.79 Å². The van der Waals surface area contributed by atoms with Gasteiger partial charge in [0, 0.05) is 30.7 Å². The number of carbonyl (C=O) groups is 1. The second-order valence-electron chi connectivity index (χ2n) is 6.90. The Hall–Kier alpha value is -0.610. The van der Waals surface area contributed by atoms with Gasteiger partial charge in [0.05, 0.1) is 0 Å². The molecule has 1 saturated heterocycles. The van der Waals surface area contributed by atoms with Crippen LogP contribution in [0.4, 0.5) is 0 Å². The van der Waals surface area contributed by atoms with Gasteiger partial charge in [0.15, 0.2) is 0 Å². The highest BCUT2D eigenvalue weighted by atomic mass is 16.1. The third-order valence-electron chi connectivity index (χ3n) is 3.52. The molecule has 1 atom stereocenters. The monoisotopic (exact) mass is 241 g/mol. The first-order valence-corrected chi connectivity index (χ1v) is 6.34. The lowest BCUT2D eigenvalue weighted by atomic mass is 9.96. The van der Waals surface area contributed by atoms with Crippen LogP contribution in [0.3, 0.4) is 0 Å². The Morgan fingerprint density at radius 1 is 1.06 bits per heavy atom. The number of hydrogen-bond donors (Lipinski definition) is 1. The van der Waals surface area contributed by atoms with Crippen molar-refractivity contribution in [2.75, 3.05) is 19.6 Å². The van der Waals surface area contributed by atoms with Crippen LogP contribution in [-0.2, 0) is 4.79 Å². The highest BCUT2D eigenvalue weighted by Gasteiger charge is 2.39. The predicted molar refractivity (Wildman–Crippen MR) is 70.8 cm³/mol. The number of nitrogens with two attached hydrogens (primary N) is 1. The topological polar surface area (TPSA) is 49.6 Å².